The molecule has 0 N–H and O–H groups in total. The Bertz CT molecular complexity index is 989. The summed E-state index contributed by atoms with van der Waals surface area (Å²) in [4.78, 5) is 42.8. The van der Waals surface area contributed by atoms with E-state index < -0.39 is 0 Å². The van der Waals surface area contributed by atoms with Gasteiger partial charge in [-0.25, -0.2) is 0 Å². The third-order valence-electron chi connectivity index (χ3n) is 7.61. The number of fused-ring (bicyclic) bond motifs is 3. The highest BCUT2D eigenvalue weighted by Crippen LogP contribution is 2.44. The Morgan fingerprint density at radius 1 is 1.34 bits per heavy atom. The number of nitrogens with zero attached hydrogens (tertiary/aromatic N) is 4. The van der Waals surface area contributed by atoms with Gasteiger partial charge in [0.05, 0.1) is 18.2 Å². The van der Waals surface area contributed by atoms with E-state index in [2.05, 4.69) is 15.9 Å². The van der Waals surface area contributed by atoms with Crippen molar-refractivity contribution in [2.45, 2.75) is 63.2 Å². The van der Waals surface area contributed by atoms with E-state index in [1.807, 2.05) is 19.1 Å². The Morgan fingerprint density at radius 2 is 2.19 bits per heavy atom. The lowest BCUT2D eigenvalue weighted by molar-refractivity contribution is -0.142. The summed E-state index contributed by atoms with van der Waals surface area (Å²) < 4.78 is 4.97. The lowest BCUT2D eigenvalue weighted by Gasteiger charge is -2.38. The van der Waals surface area contributed by atoms with Gasteiger partial charge < -0.3 is 14.5 Å². The van der Waals surface area contributed by atoms with Crippen LogP contribution in [-0.4, -0.2) is 70.7 Å². The Hall–Kier alpha value is -2.92. The van der Waals surface area contributed by atoms with Crippen molar-refractivity contribution in [2.24, 2.45) is 5.92 Å². The molecule has 0 aromatic heterocycles. The first-order chi connectivity index (χ1) is 15.5. The molecule has 8 heteroatoms. The van der Waals surface area contributed by atoms with Crippen molar-refractivity contribution in [3.63, 3.8) is 0 Å². The fourth-order valence-corrected chi connectivity index (χ4v) is 6.17. The molecule has 168 valence electrons. The molecule has 0 saturated carbocycles. The van der Waals surface area contributed by atoms with Gasteiger partial charge in [-0.1, -0.05) is 13.0 Å². The maximum absolute atomic E-state index is 13.3. The summed E-state index contributed by atoms with van der Waals surface area (Å²) in [6.07, 6.45) is 4.19. The zero-order chi connectivity index (χ0) is 22.4. The van der Waals surface area contributed by atoms with E-state index in [9.17, 15) is 19.6 Å². The molecule has 5 rings (SSSR count). The zero-order valence-corrected chi connectivity index (χ0v) is 18.3. The van der Waals surface area contributed by atoms with Gasteiger partial charge in [-0.3, -0.25) is 19.3 Å². The Labute approximate surface area is 187 Å². The van der Waals surface area contributed by atoms with Gasteiger partial charge in [0, 0.05) is 31.6 Å². The summed E-state index contributed by atoms with van der Waals surface area (Å²) in [5, 5.41) is 9.29. The summed E-state index contributed by atoms with van der Waals surface area (Å²) in [6.45, 7) is 4.34. The Morgan fingerprint density at radius 3 is 2.94 bits per heavy atom. The molecule has 0 radical (unpaired) electrons. The predicted octanol–water partition coefficient (Wildman–Crippen LogP) is 1.64. The standard InChI is InChI=1S/C24H28N4O4/c1-15(23(30)27-8-2-3-17(27)11-25)12-26-13-18-10-22(26)24(31)28(18)21-7-4-16-9-19(32-14-29)5-6-20(16)21/h5-6,9,14-15,17-18,21-22H,2-4,7-8,10,12-13H2,1H3/t15-,17-,18+,21+,22+/m0/s1. The molecule has 0 spiro atoms. The maximum Gasteiger partial charge on any atom is 0.298 e. The quantitative estimate of drug-likeness (QED) is 0.630. The molecule has 1 aromatic carbocycles. The number of rotatable bonds is 6. The minimum atomic E-state index is -0.308. The van der Waals surface area contributed by atoms with Crippen LogP contribution in [0.25, 0.3) is 0 Å². The lowest BCUT2D eigenvalue weighted by Crippen LogP contribution is -2.53. The largest absolute Gasteiger partial charge is 0.429 e. The van der Waals surface area contributed by atoms with Gasteiger partial charge in [-0.2, -0.15) is 5.26 Å². The molecular formula is C24H28N4O4. The fourth-order valence-electron chi connectivity index (χ4n) is 6.17. The summed E-state index contributed by atoms with van der Waals surface area (Å²) in [5.74, 6) is 0.491. The van der Waals surface area contributed by atoms with E-state index in [1.165, 1.54) is 0 Å². The number of benzene rings is 1. The van der Waals surface area contributed by atoms with Crippen LogP contribution in [0.2, 0.25) is 0 Å². The van der Waals surface area contributed by atoms with Crippen molar-refractivity contribution in [1.29, 1.82) is 5.26 Å². The van der Waals surface area contributed by atoms with Gasteiger partial charge in [-0.05, 0) is 55.4 Å². The molecular weight excluding hydrogens is 408 g/mol. The van der Waals surface area contributed by atoms with E-state index >= 15 is 0 Å². The number of piperazine rings is 1. The molecule has 1 aromatic rings. The number of likely N-dealkylation sites (tertiary alicyclic amines) is 3. The summed E-state index contributed by atoms with van der Waals surface area (Å²) in [7, 11) is 0. The van der Waals surface area contributed by atoms with Crippen molar-refractivity contribution in [3.05, 3.63) is 29.3 Å². The van der Waals surface area contributed by atoms with Crippen LogP contribution in [-0.2, 0) is 20.8 Å². The molecule has 8 nitrogen and oxygen atoms in total. The van der Waals surface area contributed by atoms with Gasteiger partial charge in [0.25, 0.3) is 6.47 Å². The van der Waals surface area contributed by atoms with Crippen molar-refractivity contribution >= 4 is 18.3 Å². The van der Waals surface area contributed by atoms with Gasteiger partial charge in [0.2, 0.25) is 11.8 Å². The molecule has 4 aliphatic rings. The summed E-state index contributed by atoms with van der Waals surface area (Å²) in [5.41, 5.74) is 2.29. The minimum absolute atomic E-state index is 0.0270. The van der Waals surface area contributed by atoms with Crippen molar-refractivity contribution in [1.82, 2.24) is 14.7 Å². The number of carbonyl (C=O) groups excluding carboxylic acids is 3. The maximum atomic E-state index is 13.3. The number of aryl methyl sites for hydroxylation is 1. The first kappa shape index (κ1) is 21.0. The van der Waals surface area contributed by atoms with E-state index in [1.54, 1.807) is 11.0 Å². The van der Waals surface area contributed by atoms with Gasteiger partial charge in [0.1, 0.15) is 11.8 Å². The smallest absolute Gasteiger partial charge is 0.298 e. The normalized spacial score (nSPS) is 29.8. The van der Waals surface area contributed by atoms with Crippen LogP contribution in [0, 0.1) is 17.2 Å². The van der Waals surface area contributed by atoms with Gasteiger partial charge in [-0.15, -0.1) is 0 Å². The van der Waals surface area contributed by atoms with Crippen LogP contribution >= 0.6 is 0 Å². The van der Waals surface area contributed by atoms with E-state index in [0.29, 0.717) is 25.3 Å². The second-order valence-corrected chi connectivity index (χ2v) is 9.45. The monoisotopic (exact) mass is 436 g/mol. The molecule has 0 unspecified atom stereocenters. The third kappa shape index (κ3) is 3.36. The fraction of sp³-hybridized carbons (Fsp3) is 0.583. The molecule has 2 bridgehead atoms. The van der Waals surface area contributed by atoms with Crippen LogP contribution in [0.4, 0.5) is 0 Å². The number of carbonyl (C=O) groups is 3. The Kier molecular flexibility index (Phi) is 5.38. The average Bonchev–Trinajstić information content (AvgIpc) is 3.56. The van der Waals surface area contributed by atoms with Crippen molar-refractivity contribution in [3.8, 4) is 11.8 Å². The van der Waals surface area contributed by atoms with Crippen LogP contribution < -0.4 is 4.74 Å². The molecule has 2 amide bonds. The van der Waals surface area contributed by atoms with E-state index in [0.717, 1.165) is 49.8 Å². The molecule has 1 aliphatic carbocycles. The van der Waals surface area contributed by atoms with Crippen LogP contribution in [0.15, 0.2) is 18.2 Å². The second kappa shape index (κ2) is 8.21. The lowest BCUT2D eigenvalue weighted by atomic mass is 10.0. The summed E-state index contributed by atoms with van der Waals surface area (Å²) in [6, 6.07) is 7.66. The second-order valence-electron chi connectivity index (χ2n) is 9.45. The molecule has 3 aliphatic heterocycles. The first-order valence-corrected chi connectivity index (χ1v) is 11.5. The SMILES string of the molecule is C[C@@H](CN1C[C@H]2C[C@@H]1C(=O)N2[C@@H]1CCc2cc(OC=O)ccc21)C(=O)N1CCC[C@H]1C#N. The molecule has 3 fully saturated rings. The topological polar surface area (TPSA) is 93.9 Å². The van der Waals surface area contributed by atoms with Crippen LogP contribution in [0.1, 0.15) is 49.8 Å². The number of hydrogen-bond acceptors (Lipinski definition) is 6. The molecule has 3 saturated heterocycles. The number of hydrogen-bond donors (Lipinski definition) is 0. The third-order valence-corrected chi connectivity index (χ3v) is 7.61. The Balaban J connectivity index is 1.24. The van der Waals surface area contributed by atoms with E-state index in [-0.39, 0.29) is 41.9 Å². The average molecular weight is 437 g/mol. The molecule has 32 heavy (non-hydrogen) atoms. The van der Waals surface area contributed by atoms with Crippen LogP contribution in [0.5, 0.6) is 5.75 Å². The van der Waals surface area contributed by atoms with Crippen molar-refractivity contribution in [2.75, 3.05) is 19.6 Å². The molecule has 5 atom stereocenters. The highest BCUT2D eigenvalue weighted by Gasteiger charge is 2.53. The molecule has 3 heterocycles. The number of ether oxygens (including phenoxy) is 1. The van der Waals surface area contributed by atoms with Gasteiger partial charge in [0.15, 0.2) is 0 Å². The highest BCUT2D eigenvalue weighted by molar-refractivity contribution is 5.87. The van der Waals surface area contributed by atoms with E-state index in [4.69, 9.17) is 4.74 Å². The van der Waals surface area contributed by atoms with Gasteiger partial charge >= 0.3 is 0 Å². The summed E-state index contributed by atoms with van der Waals surface area (Å²) >= 11 is 0. The first-order valence-electron chi connectivity index (χ1n) is 11.5. The van der Waals surface area contributed by atoms with Crippen molar-refractivity contribution < 1.29 is 19.1 Å². The highest BCUT2D eigenvalue weighted by atomic mass is 16.5. The number of nitriles is 1. The zero-order valence-electron chi connectivity index (χ0n) is 18.3. The minimum Gasteiger partial charge on any atom is -0.429 e. The number of amides is 2. The van der Waals surface area contributed by atoms with Crippen LogP contribution in [0.3, 0.4) is 0 Å². The predicted molar refractivity (Wildman–Crippen MR) is 114 cm³/mol.